The zero-order chi connectivity index (χ0) is 9.52. The van der Waals surface area contributed by atoms with E-state index in [0.717, 1.165) is 5.75 Å². The van der Waals surface area contributed by atoms with Gasteiger partial charge in [0.25, 0.3) is 0 Å². The van der Waals surface area contributed by atoms with Crippen molar-refractivity contribution in [2.75, 3.05) is 7.11 Å². The summed E-state index contributed by atoms with van der Waals surface area (Å²) >= 11 is 0. The summed E-state index contributed by atoms with van der Waals surface area (Å²) in [4.78, 5) is 0. The minimum atomic E-state index is 0.924. The molecule has 0 spiro atoms. The van der Waals surface area contributed by atoms with Crippen LogP contribution in [0.15, 0.2) is 24.3 Å². The first-order chi connectivity index (χ1) is 6.36. The Morgan fingerprint density at radius 3 is 2.46 bits per heavy atom. The smallest absolute Gasteiger partial charge is 0.151 e. The molecular weight excluding hydrogens is 159 g/mol. The lowest BCUT2D eigenvalue weighted by Gasteiger charge is -2.01. The lowest BCUT2D eigenvalue weighted by molar-refractivity contribution is 0.415. The van der Waals surface area contributed by atoms with Crippen LogP contribution in [0.5, 0.6) is 5.75 Å². The van der Waals surface area contributed by atoms with E-state index in [0.29, 0.717) is 0 Å². The normalized spacial score (nSPS) is 9.69. The van der Waals surface area contributed by atoms with Gasteiger partial charge in [0.1, 0.15) is 5.75 Å². The number of unbranched alkanes of at least 4 members (excludes halogenated alkanes) is 1. The molecular formula is C11H16BO. The fourth-order valence-corrected chi connectivity index (χ4v) is 1.21. The maximum Gasteiger partial charge on any atom is 0.151 e. The molecule has 0 saturated carbocycles. The van der Waals surface area contributed by atoms with Gasteiger partial charge in [-0.1, -0.05) is 43.7 Å². The molecule has 0 N–H and O–H groups in total. The van der Waals surface area contributed by atoms with Gasteiger partial charge in [0.2, 0.25) is 0 Å². The second-order valence-corrected chi connectivity index (χ2v) is 3.12. The quantitative estimate of drug-likeness (QED) is 0.492. The van der Waals surface area contributed by atoms with Crippen LogP contribution >= 0.6 is 0 Å². The van der Waals surface area contributed by atoms with Crippen LogP contribution in [0.2, 0.25) is 6.32 Å². The van der Waals surface area contributed by atoms with Crippen LogP contribution < -0.4 is 10.2 Å². The predicted octanol–water partition coefficient (Wildman–Crippen LogP) is 2.24. The molecule has 0 aliphatic rings. The van der Waals surface area contributed by atoms with E-state index < -0.39 is 0 Å². The fourth-order valence-electron chi connectivity index (χ4n) is 1.21. The lowest BCUT2D eigenvalue weighted by atomic mass is 9.66. The Bertz CT molecular complexity index is 230. The molecule has 1 nitrogen and oxygen atoms in total. The Morgan fingerprint density at radius 2 is 1.92 bits per heavy atom. The van der Waals surface area contributed by atoms with E-state index in [2.05, 4.69) is 26.3 Å². The van der Waals surface area contributed by atoms with E-state index in [1.54, 1.807) is 7.11 Å². The Balaban J connectivity index is 2.40. The van der Waals surface area contributed by atoms with Crippen LogP contribution in [-0.2, 0) is 0 Å². The Hall–Kier alpha value is -0.915. The van der Waals surface area contributed by atoms with Gasteiger partial charge < -0.3 is 4.74 Å². The third-order valence-electron chi connectivity index (χ3n) is 2.05. The number of ether oxygens (including phenoxy) is 1. The van der Waals surface area contributed by atoms with Crippen LogP contribution in [0, 0.1) is 0 Å². The summed E-state index contributed by atoms with van der Waals surface area (Å²) < 4.78 is 5.08. The molecule has 1 radical (unpaired) electrons. The monoisotopic (exact) mass is 175 g/mol. The molecule has 0 fully saturated rings. The molecule has 69 valence electrons. The molecule has 0 bridgehead atoms. The van der Waals surface area contributed by atoms with E-state index >= 15 is 0 Å². The van der Waals surface area contributed by atoms with Crippen LogP contribution in [0.1, 0.15) is 19.8 Å². The highest BCUT2D eigenvalue weighted by molar-refractivity contribution is 6.53. The summed E-state index contributed by atoms with van der Waals surface area (Å²) in [5.41, 5.74) is 1.29. The highest BCUT2D eigenvalue weighted by Crippen LogP contribution is 2.05. The lowest BCUT2D eigenvalue weighted by Crippen LogP contribution is -2.12. The number of rotatable bonds is 5. The molecule has 0 aliphatic carbocycles. The van der Waals surface area contributed by atoms with E-state index in [1.807, 2.05) is 12.1 Å². The number of methoxy groups -OCH3 is 1. The number of benzene rings is 1. The van der Waals surface area contributed by atoms with Gasteiger partial charge >= 0.3 is 0 Å². The first-order valence-corrected chi connectivity index (χ1v) is 4.84. The van der Waals surface area contributed by atoms with Crippen molar-refractivity contribution in [3.8, 4) is 5.75 Å². The van der Waals surface area contributed by atoms with Crippen molar-refractivity contribution >= 4 is 12.7 Å². The SMILES string of the molecule is CCCC[B]c1ccc(OC)cc1. The van der Waals surface area contributed by atoms with Crippen molar-refractivity contribution in [2.45, 2.75) is 26.1 Å². The van der Waals surface area contributed by atoms with Gasteiger partial charge in [-0.15, -0.1) is 0 Å². The molecule has 0 aromatic heterocycles. The predicted molar refractivity (Wildman–Crippen MR) is 58.1 cm³/mol. The minimum absolute atomic E-state index is 0.924. The summed E-state index contributed by atoms with van der Waals surface area (Å²) in [5.74, 6) is 0.924. The van der Waals surface area contributed by atoms with Crippen molar-refractivity contribution in [1.29, 1.82) is 0 Å². The molecule has 0 heterocycles. The summed E-state index contributed by atoms with van der Waals surface area (Å²) in [7, 11) is 3.96. The summed E-state index contributed by atoms with van der Waals surface area (Å²) in [5, 5.41) is 0. The average Bonchev–Trinajstić information content (AvgIpc) is 2.19. The van der Waals surface area contributed by atoms with Crippen molar-refractivity contribution in [3.05, 3.63) is 24.3 Å². The maximum atomic E-state index is 5.08. The number of hydrogen-bond donors (Lipinski definition) is 0. The van der Waals surface area contributed by atoms with Crippen molar-refractivity contribution < 1.29 is 4.74 Å². The molecule has 0 atom stereocenters. The van der Waals surface area contributed by atoms with Crippen LogP contribution in [0.3, 0.4) is 0 Å². The van der Waals surface area contributed by atoms with Gasteiger partial charge in [-0.2, -0.15) is 0 Å². The maximum absolute atomic E-state index is 5.08. The third kappa shape index (κ3) is 3.54. The molecule has 1 rings (SSSR count). The second kappa shape index (κ2) is 5.68. The Labute approximate surface area is 81.4 Å². The highest BCUT2D eigenvalue weighted by Gasteiger charge is 1.95. The summed E-state index contributed by atoms with van der Waals surface area (Å²) in [6, 6.07) is 8.18. The molecule has 2 heteroatoms. The fraction of sp³-hybridized carbons (Fsp3) is 0.455. The molecule has 13 heavy (non-hydrogen) atoms. The van der Waals surface area contributed by atoms with Crippen molar-refractivity contribution in [2.24, 2.45) is 0 Å². The third-order valence-corrected chi connectivity index (χ3v) is 2.05. The minimum Gasteiger partial charge on any atom is -0.497 e. The van der Waals surface area contributed by atoms with E-state index in [1.165, 1.54) is 24.6 Å². The first kappa shape index (κ1) is 10.2. The average molecular weight is 175 g/mol. The zero-order valence-electron chi connectivity index (χ0n) is 8.42. The molecule has 1 aromatic carbocycles. The summed E-state index contributed by atoms with van der Waals surface area (Å²) in [6.45, 7) is 2.21. The van der Waals surface area contributed by atoms with Gasteiger partial charge in [-0.05, 0) is 12.1 Å². The largest absolute Gasteiger partial charge is 0.497 e. The van der Waals surface area contributed by atoms with Crippen molar-refractivity contribution in [1.82, 2.24) is 0 Å². The second-order valence-electron chi connectivity index (χ2n) is 3.12. The first-order valence-electron chi connectivity index (χ1n) is 4.84. The van der Waals surface area contributed by atoms with E-state index in [-0.39, 0.29) is 0 Å². The van der Waals surface area contributed by atoms with E-state index in [4.69, 9.17) is 4.74 Å². The van der Waals surface area contributed by atoms with Gasteiger partial charge in [0.05, 0.1) is 7.11 Å². The van der Waals surface area contributed by atoms with E-state index in [9.17, 15) is 0 Å². The van der Waals surface area contributed by atoms with Gasteiger partial charge in [-0.3, -0.25) is 0 Å². The van der Waals surface area contributed by atoms with Gasteiger partial charge in [0, 0.05) is 0 Å². The zero-order valence-corrected chi connectivity index (χ0v) is 8.42. The molecule has 1 aromatic rings. The Morgan fingerprint density at radius 1 is 1.23 bits per heavy atom. The van der Waals surface area contributed by atoms with Crippen molar-refractivity contribution in [3.63, 3.8) is 0 Å². The summed E-state index contributed by atoms with van der Waals surface area (Å²) in [6.07, 6.45) is 3.70. The molecule has 0 unspecified atom stereocenters. The standard InChI is InChI=1S/C11H16BO/c1-3-4-9-12-10-5-7-11(13-2)8-6-10/h5-8H,3-4,9H2,1-2H3. The highest BCUT2D eigenvalue weighted by atomic mass is 16.5. The topological polar surface area (TPSA) is 9.23 Å². The molecule has 0 aliphatic heterocycles. The number of hydrogen-bond acceptors (Lipinski definition) is 1. The Kier molecular flexibility index (Phi) is 4.44. The van der Waals surface area contributed by atoms with Crippen LogP contribution in [0.25, 0.3) is 0 Å². The van der Waals surface area contributed by atoms with Crippen LogP contribution in [-0.4, -0.2) is 14.4 Å². The van der Waals surface area contributed by atoms with Crippen LogP contribution in [0.4, 0.5) is 0 Å². The van der Waals surface area contributed by atoms with Gasteiger partial charge in [-0.25, -0.2) is 0 Å². The molecule has 0 amide bonds. The van der Waals surface area contributed by atoms with Gasteiger partial charge in [0.15, 0.2) is 7.28 Å². The molecule has 0 saturated heterocycles.